The number of fused-ring (bicyclic) bond motifs is 2. The Bertz CT molecular complexity index is 1160. The van der Waals surface area contributed by atoms with Gasteiger partial charge in [0.05, 0.1) is 0 Å². The molecular formula is C26H34N2O3S. The highest BCUT2D eigenvalue weighted by molar-refractivity contribution is 7.24. The zero-order chi connectivity index (χ0) is 23.8. The molecule has 32 heavy (non-hydrogen) atoms. The molecule has 1 N–H and O–H groups in total. The first-order valence-electron chi connectivity index (χ1n) is 11.0. The van der Waals surface area contributed by atoms with Crippen LogP contribution in [-0.4, -0.2) is 39.3 Å². The molecule has 1 aromatic heterocycles. The first-order valence-corrected chi connectivity index (χ1v) is 11.8. The van der Waals surface area contributed by atoms with Crippen LogP contribution < -0.4 is 15.2 Å². The quantitative estimate of drug-likeness (QED) is 0.339. The molecule has 2 aromatic carbocycles. The lowest BCUT2D eigenvalue weighted by molar-refractivity contribution is -0.137. The predicted octanol–water partition coefficient (Wildman–Crippen LogP) is 6.23. The van der Waals surface area contributed by atoms with E-state index in [1.807, 2.05) is 68.3 Å². The number of carbonyl (C=O) groups is 1. The van der Waals surface area contributed by atoms with Crippen LogP contribution in [0.2, 0.25) is 0 Å². The highest BCUT2D eigenvalue weighted by atomic mass is 32.1. The Labute approximate surface area is 194 Å². The van der Waals surface area contributed by atoms with Gasteiger partial charge in [-0.2, -0.15) is 0 Å². The molecule has 0 fully saturated rings. The van der Waals surface area contributed by atoms with Gasteiger partial charge in [0.15, 0.2) is 5.43 Å². The van der Waals surface area contributed by atoms with Crippen LogP contribution >= 0.6 is 11.3 Å². The van der Waals surface area contributed by atoms with Crippen LogP contribution in [0.1, 0.15) is 45.1 Å². The Morgan fingerprint density at radius 1 is 1.00 bits per heavy atom. The van der Waals surface area contributed by atoms with Gasteiger partial charge in [-0.15, -0.1) is 11.3 Å². The Kier molecular flexibility index (Phi) is 9.27. The minimum Gasteiger partial charge on any atom is -0.481 e. The highest BCUT2D eigenvalue weighted by Crippen LogP contribution is 2.32. The topological polar surface area (TPSA) is 60.9 Å². The lowest BCUT2D eigenvalue weighted by Gasteiger charge is -2.16. The van der Waals surface area contributed by atoms with E-state index in [9.17, 15) is 9.59 Å². The second kappa shape index (κ2) is 11.7. The van der Waals surface area contributed by atoms with E-state index >= 15 is 0 Å². The second-order valence-corrected chi connectivity index (χ2v) is 9.29. The molecule has 3 aromatic rings. The monoisotopic (exact) mass is 454 g/mol. The van der Waals surface area contributed by atoms with Crippen molar-refractivity contribution in [2.24, 2.45) is 0 Å². The molecule has 0 unspecified atom stereocenters. The average Bonchev–Trinajstić information content (AvgIpc) is 2.73. The molecule has 0 spiro atoms. The summed E-state index contributed by atoms with van der Waals surface area (Å²) in [7, 11) is 7.94. The van der Waals surface area contributed by atoms with Crippen LogP contribution in [0, 0.1) is 0 Å². The molecule has 6 heteroatoms. The predicted molar refractivity (Wildman–Crippen MR) is 141 cm³/mol. The summed E-state index contributed by atoms with van der Waals surface area (Å²) in [4.78, 5) is 28.1. The van der Waals surface area contributed by atoms with E-state index in [1.54, 1.807) is 11.3 Å². The van der Waals surface area contributed by atoms with Crippen molar-refractivity contribution in [2.75, 3.05) is 38.0 Å². The number of carboxylic acids is 1. The molecule has 0 aliphatic carbocycles. The number of allylic oxidation sites excluding steroid dienone is 1. The lowest BCUT2D eigenvalue weighted by Crippen LogP contribution is -2.11. The normalized spacial score (nSPS) is 10.9. The number of nitrogens with zero attached hydrogens (tertiary/aromatic N) is 2. The fourth-order valence-electron chi connectivity index (χ4n) is 3.23. The first-order chi connectivity index (χ1) is 15.2. The smallest absolute Gasteiger partial charge is 0.303 e. The number of hydrogen-bond donors (Lipinski definition) is 1. The lowest BCUT2D eigenvalue weighted by atomic mass is 10.0. The van der Waals surface area contributed by atoms with Crippen molar-refractivity contribution in [3.63, 3.8) is 0 Å². The number of hydrogen-bond acceptors (Lipinski definition) is 5. The molecule has 0 saturated heterocycles. The molecule has 1 heterocycles. The van der Waals surface area contributed by atoms with E-state index in [4.69, 9.17) is 5.11 Å². The Morgan fingerprint density at radius 3 is 2.22 bits per heavy atom. The van der Waals surface area contributed by atoms with Crippen molar-refractivity contribution in [1.29, 1.82) is 0 Å². The average molecular weight is 455 g/mol. The number of aliphatic carboxylic acids is 1. The van der Waals surface area contributed by atoms with Crippen molar-refractivity contribution in [1.82, 2.24) is 0 Å². The van der Waals surface area contributed by atoms with Gasteiger partial charge in [-0.05, 0) is 48.7 Å². The third kappa shape index (κ3) is 6.33. The summed E-state index contributed by atoms with van der Waals surface area (Å²) in [5, 5.41) is 10.2. The molecule has 172 valence electrons. The van der Waals surface area contributed by atoms with Crippen LogP contribution in [0.15, 0.2) is 41.2 Å². The van der Waals surface area contributed by atoms with Crippen molar-refractivity contribution in [2.45, 2.75) is 39.5 Å². The fourth-order valence-corrected chi connectivity index (χ4v) is 4.41. The molecule has 0 saturated carbocycles. The third-order valence-electron chi connectivity index (χ3n) is 4.87. The summed E-state index contributed by atoms with van der Waals surface area (Å²) in [6.45, 7) is 4.25. The molecule has 3 rings (SSSR count). The summed E-state index contributed by atoms with van der Waals surface area (Å²) >= 11 is 1.63. The van der Waals surface area contributed by atoms with Crippen molar-refractivity contribution < 1.29 is 9.90 Å². The maximum absolute atomic E-state index is 13.3. The van der Waals surface area contributed by atoms with E-state index < -0.39 is 5.97 Å². The number of rotatable bonds is 7. The van der Waals surface area contributed by atoms with Gasteiger partial charge in [0, 0.05) is 66.2 Å². The zero-order valence-electron chi connectivity index (χ0n) is 19.9. The number of unbranched alkanes of at least 4 members (excludes halogenated alkanes) is 1. The summed E-state index contributed by atoms with van der Waals surface area (Å²) in [6, 6.07) is 10.0. The minimum atomic E-state index is -0.786. The summed E-state index contributed by atoms with van der Waals surface area (Å²) in [5.74, 6) is -0.786. The number of carboxylic acid groups (broad SMARTS) is 1. The molecule has 0 amide bonds. The van der Waals surface area contributed by atoms with Crippen LogP contribution in [0.3, 0.4) is 0 Å². The third-order valence-corrected chi connectivity index (χ3v) is 5.97. The second-order valence-electron chi connectivity index (χ2n) is 8.20. The van der Waals surface area contributed by atoms with E-state index in [0.717, 1.165) is 37.1 Å². The minimum absolute atomic E-state index is 0.0366. The Morgan fingerprint density at radius 2 is 1.62 bits per heavy atom. The fraction of sp³-hybridized carbons (Fsp3) is 0.385. The van der Waals surface area contributed by atoms with Gasteiger partial charge in [-0.25, -0.2) is 0 Å². The largest absolute Gasteiger partial charge is 0.481 e. The molecule has 0 atom stereocenters. The van der Waals surface area contributed by atoms with E-state index in [-0.39, 0.29) is 11.8 Å². The Balaban J connectivity index is 0.00000114. The molecule has 0 aliphatic heterocycles. The van der Waals surface area contributed by atoms with Gasteiger partial charge in [0.1, 0.15) is 0 Å². The van der Waals surface area contributed by atoms with Crippen LogP contribution in [0.5, 0.6) is 0 Å². The van der Waals surface area contributed by atoms with Crippen LogP contribution in [-0.2, 0) is 4.79 Å². The van der Waals surface area contributed by atoms with Gasteiger partial charge < -0.3 is 14.9 Å². The summed E-state index contributed by atoms with van der Waals surface area (Å²) in [5.41, 5.74) is 3.01. The molecule has 0 bridgehead atoms. The van der Waals surface area contributed by atoms with E-state index in [2.05, 4.69) is 26.0 Å². The van der Waals surface area contributed by atoms with Gasteiger partial charge in [-0.1, -0.05) is 32.4 Å². The van der Waals surface area contributed by atoms with Crippen molar-refractivity contribution in [3.05, 3.63) is 52.2 Å². The molecule has 5 nitrogen and oxygen atoms in total. The molecule has 0 aliphatic rings. The first kappa shape index (κ1) is 25.4. The Hall–Kier alpha value is -2.86. The van der Waals surface area contributed by atoms with Crippen molar-refractivity contribution in [3.8, 4) is 0 Å². The van der Waals surface area contributed by atoms with Crippen LogP contribution in [0.25, 0.3) is 26.2 Å². The van der Waals surface area contributed by atoms with Gasteiger partial charge >= 0.3 is 5.97 Å². The number of benzene rings is 2. The highest BCUT2D eigenvalue weighted by Gasteiger charge is 2.12. The van der Waals surface area contributed by atoms with Gasteiger partial charge in [0.2, 0.25) is 0 Å². The van der Waals surface area contributed by atoms with Crippen LogP contribution in [0.4, 0.5) is 11.4 Å². The van der Waals surface area contributed by atoms with Gasteiger partial charge in [-0.3, -0.25) is 9.59 Å². The zero-order valence-corrected chi connectivity index (χ0v) is 20.8. The number of anilines is 2. The maximum Gasteiger partial charge on any atom is 0.303 e. The summed E-state index contributed by atoms with van der Waals surface area (Å²) < 4.78 is 1.93. The van der Waals surface area contributed by atoms with Crippen molar-refractivity contribution >= 4 is 54.9 Å². The molecule has 0 radical (unpaired) electrons. The SMILES string of the molecule is CCC.CN(C)c1ccc2c(=O)c3c(/C=C/CCCC(=O)O)cc(N(C)C)cc3sc2c1. The van der Waals surface area contributed by atoms with E-state index in [0.29, 0.717) is 12.8 Å². The summed E-state index contributed by atoms with van der Waals surface area (Å²) in [6.07, 6.45) is 6.56. The van der Waals surface area contributed by atoms with E-state index in [1.165, 1.54) is 6.42 Å². The molecular weight excluding hydrogens is 420 g/mol. The van der Waals surface area contributed by atoms with Gasteiger partial charge in [0.25, 0.3) is 0 Å². The standard InChI is InChI=1S/C23H26N2O3S.C3H8/c1-24(2)16-10-11-18-19(13-16)29-20-14-17(25(3)4)12-15(22(20)23(18)28)8-6-5-7-9-21(26)27;1-3-2/h6,8,10-14H,5,7,9H2,1-4H3,(H,26,27);3H2,1-2H3/b8-6+;. The maximum atomic E-state index is 13.3.